The molecular weight excluding hydrogens is 314 g/mol. The van der Waals surface area contributed by atoms with Crippen LogP contribution in [0.15, 0.2) is 49.1 Å². The number of nitrogens with zero attached hydrogens (tertiary/aromatic N) is 4. The predicted molar refractivity (Wildman–Crippen MR) is 87.8 cm³/mol. The van der Waals surface area contributed by atoms with Crippen molar-refractivity contribution in [2.45, 2.75) is 13.2 Å². The van der Waals surface area contributed by atoms with Crippen LogP contribution in [0, 0.1) is 0 Å². The van der Waals surface area contributed by atoms with E-state index in [0.717, 1.165) is 11.1 Å². The lowest BCUT2D eigenvalue weighted by Gasteiger charge is -2.06. The first-order chi connectivity index (χ1) is 11.2. The molecule has 0 saturated carbocycles. The first-order valence-corrected chi connectivity index (χ1v) is 7.35. The van der Waals surface area contributed by atoms with Crippen molar-refractivity contribution in [3.8, 4) is 11.4 Å². The standard InChI is InChI=1S/C16H14ClN5O/c17-13-3-1-12(2-4-13)16-21-6-11(7-22-16)5-19-15-9-18-14(10-23)8-20-15/h1-4,6-9,23H,5,10H2,(H,19,20). The average molecular weight is 328 g/mol. The second-order valence-corrected chi connectivity index (χ2v) is 5.26. The fourth-order valence-electron chi connectivity index (χ4n) is 1.91. The van der Waals surface area contributed by atoms with Crippen LogP contribution < -0.4 is 5.32 Å². The van der Waals surface area contributed by atoms with E-state index in [1.54, 1.807) is 18.6 Å². The summed E-state index contributed by atoms with van der Waals surface area (Å²) in [5.74, 6) is 1.28. The summed E-state index contributed by atoms with van der Waals surface area (Å²) in [5, 5.41) is 12.7. The van der Waals surface area contributed by atoms with Gasteiger partial charge in [-0.1, -0.05) is 11.6 Å². The lowest BCUT2D eigenvalue weighted by Crippen LogP contribution is -2.04. The lowest BCUT2D eigenvalue weighted by molar-refractivity contribution is 0.276. The third kappa shape index (κ3) is 4.00. The Kier molecular flexibility index (Phi) is 4.75. The van der Waals surface area contributed by atoms with Crippen molar-refractivity contribution < 1.29 is 5.11 Å². The van der Waals surface area contributed by atoms with Crippen LogP contribution in [0.5, 0.6) is 0 Å². The molecule has 6 nitrogen and oxygen atoms in total. The zero-order chi connectivity index (χ0) is 16.1. The molecule has 2 N–H and O–H groups in total. The number of aliphatic hydroxyl groups excluding tert-OH is 1. The van der Waals surface area contributed by atoms with Gasteiger partial charge in [-0.3, -0.25) is 4.98 Å². The summed E-state index contributed by atoms with van der Waals surface area (Å²) in [7, 11) is 0. The van der Waals surface area contributed by atoms with Gasteiger partial charge in [0.1, 0.15) is 5.82 Å². The predicted octanol–water partition coefficient (Wildman–Crippen LogP) is 2.69. The highest BCUT2D eigenvalue weighted by molar-refractivity contribution is 6.30. The fraction of sp³-hybridized carbons (Fsp3) is 0.125. The summed E-state index contributed by atoms with van der Waals surface area (Å²) in [5.41, 5.74) is 2.38. The van der Waals surface area contributed by atoms with Crippen molar-refractivity contribution in [3.05, 3.63) is 65.3 Å². The Bertz CT molecular complexity index is 760. The van der Waals surface area contributed by atoms with E-state index in [0.29, 0.717) is 28.9 Å². The number of rotatable bonds is 5. The van der Waals surface area contributed by atoms with Gasteiger partial charge in [0.05, 0.1) is 24.7 Å². The number of nitrogens with one attached hydrogen (secondary N) is 1. The highest BCUT2D eigenvalue weighted by Crippen LogP contribution is 2.17. The Morgan fingerprint density at radius 1 is 0.913 bits per heavy atom. The van der Waals surface area contributed by atoms with Gasteiger partial charge in [0, 0.05) is 35.1 Å². The van der Waals surface area contributed by atoms with Crippen molar-refractivity contribution in [3.63, 3.8) is 0 Å². The largest absolute Gasteiger partial charge is 0.390 e. The fourth-order valence-corrected chi connectivity index (χ4v) is 2.04. The van der Waals surface area contributed by atoms with E-state index in [9.17, 15) is 0 Å². The molecule has 0 aliphatic rings. The van der Waals surface area contributed by atoms with Gasteiger partial charge in [-0.05, 0) is 24.3 Å². The van der Waals surface area contributed by atoms with Gasteiger partial charge in [0.15, 0.2) is 5.82 Å². The van der Waals surface area contributed by atoms with Gasteiger partial charge in [-0.25, -0.2) is 15.0 Å². The Balaban J connectivity index is 1.64. The smallest absolute Gasteiger partial charge is 0.159 e. The Hall–Kier alpha value is -2.57. The van der Waals surface area contributed by atoms with Crippen molar-refractivity contribution in [1.29, 1.82) is 0 Å². The van der Waals surface area contributed by atoms with Crippen LogP contribution in [-0.4, -0.2) is 25.0 Å². The molecule has 0 atom stereocenters. The molecule has 0 fully saturated rings. The molecule has 0 unspecified atom stereocenters. The molecule has 0 spiro atoms. The molecule has 0 saturated heterocycles. The van der Waals surface area contributed by atoms with Crippen molar-refractivity contribution in [2.24, 2.45) is 0 Å². The van der Waals surface area contributed by atoms with Crippen molar-refractivity contribution in [1.82, 2.24) is 19.9 Å². The van der Waals surface area contributed by atoms with Crippen LogP contribution in [0.3, 0.4) is 0 Å². The van der Waals surface area contributed by atoms with Crippen LogP contribution >= 0.6 is 11.6 Å². The maximum absolute atomic E-state index is 8.92. The molecule has 7 heteroatoms. The highest BCUT2D eigenvalue weighted by Gasteiger charge is 2.02. The summed E-state index contributed by atoms with van der Waals surface area (Å²) < 4.78 is 0. The number of aliphatic hydroxyl groups is 1. The van der Waals surface area contributed by atoms with Crippen LogP contribution in [0.2, 0.25) is 5.02 Å². The van der Waals surface area contributed by atoms with E-state index in [2.05, 4.69) is 25.3 Å². The molecule has 0 amide bonds. The zero-order valence-corrected chi connectivity index (χ0v) is 12.9. The topological polar surface area (TPSA) is 83.8 Å². The molecule has 0 aliphatic carbocycles. The van der Waals surface area contributed by atoms with E-state index < -0.39 is 0 Å². The number of halogens is 1. The summed E-state index contributed by atoms with van der Waals surface area (Å²) in [6.45, 7) is 0.418. The third-order valence-corrected chi connectivity index (χ3v) is 3.40. The Morgan fingerprint density at radius 2 is 1.65 bits per heavy atom. The Labute approximate surface area is 138 Å². The van der Waals surface area contributed by atoms with Crippen LogP contribution in [0.25, 0.3) is 11.4 Å². The quantitative estimate of drug-likeness (QED) is 0.749. The molecule has 2 aromatic heterocycles. The molecule has 3 rings (SSSR count). The summed E-state index contributed by atoms with van der Waals surface area (Å²) in [4.78, 5) is 16.9. The van der Waals surface area contributed by atoms with Crippen molar-refractivity contribution >= 4 is 17.4 Å². The van der Waals surface area contributed by atoms with Crippen molar-refractivity contribution in [2.75, 3.05) is 5.32 Å². The number of benzene rings is 1. The van der Waals surface area contributed by atoms with Gasteiger partial charge in [0.2, 0.25) is 0 Å². The van der Waals surface area contributed by atoms with E-state index in [1.807, 2.05) is 24.3 Å². The molecule has 2 heterocycles. The molecule has 1 aromatic carbocycles. The van der Waals surface area contributed by atoms with Gasteiger partial charge < -0.3 is 10.4 Å². The molecule has 0 radical (unpaired) electrons. The highest BCUT2D eigenvalue weighted by atomic mass is 35.5. The summed E-state index contributed by atoms with van der Waals surface area (Å²) in [6.07, 6.45) is 6.63. The van der Waals surface area contributed by atoms with Gasteiger partial charge in [-0.2, -0.15) is 0 Å². The summed E-state index contributed by atoms with van der Waals surface area (Å²) in [6, 6.07) is 7.39. The molecular formula is C16H14ClN5O. The van der Waals surface area contributed by atoms with Gasteiger partial charge >= 0.3 is 0 Å². The zero-order valence-electron chi connectivity index (χ0n) is 12.1. The molecule has 3 aromatic rings. The minimum absolute atomic E-state index is 0.118. The number of hydrogen-bond acceptors (Lipinski definition) is 6. The van der Waals surface area contributed by atoms with Crippen LogP contribution in [0.1, 0.15) is 11.3 Å². The Morgan fingerprint density at radius 3 is 2.26 bits per heavy atom. The lowest BCUT2D eigenvalue weighted by atomic mass is 10.2. The second-order valence-electron chi connectivity index (χ2n) is 4.83. The number of hydrogen-bond donors (Lipinski definition) is 2. The van der Waals surface area contributed by atoms with E-state index in [4.69, 9.17) is 16.7 Å². The monoisotopic (exact) mass is 327 g/mol. The second kappa shape index (κ2) is 7.13. The molecule has 116 valence electrons. The minimum Gasteiger partial charge on any atom is -0.390 e. The summed E-state index contributed by atoms with van der Waals surface area (Å²) >= 11 is 5.87. The van der Waals surface area contributed by atoms with E-state index in [1.165, 1.54) is 6.20 Å². The maximum atomic E-state index is 8.92. The molecule has 0 aliphatic heterocycles. The first kappa shape index (κ1) is 15.3. The van der Waals surface area contributed by atoms with Crippen LogP contribution in [-0.2, 0) is 13.2 Å². The van der Waals surface area contributed by atoms with E-state index in [-0.39, 0.29) is 6.61 Å². The molecule has 0 bridgehead atoms. The number of anilines is 1. The minimum atomic E-state index is -0.118. The van der Waals surface area contributed by atoms with Gasteiger partial charge in [0.25, 0.3) is 0 Å². The third-order valence-electron chi connectivity index (χ3n) is 3.15. The van der Waals surface area contributed by atoms with Crippen LogP contribution in [0.4, 0.5) is 5.82 Å². The normalized spacial score (nSPS) is 10.5. The average Bonchev–Trinajstić information content (AvgIpc) is 2.61. The number of aromatic nitrogens is 4. The molecule has 23 heavy (non-hydrogen) atoms. The first-order valence-electron chi connectivity index (χ1n) is 6.97. The SMILES string of the molecule is OCc1cnc(NCc2cnc(-c3ccc(Cl)cc3)nc2)cn1. The van der Waals surface area contributed by atoms with Gasteiger partial charge in [-0.15, -0.1) is 0 Å². The maximum Gasteiger partial charge on any atom is 0.159 e. The van der Waals surface area contributed by atoms with E-state index >= 15 is 0 Å².